The largest absolute Gasteiger partial charge is 0.588 e. The van der Waals surface area contributed by atoms with Gasteiger partial charge in [0, 0.05) is 5.92 Å². The number of ether oxygens (including phenoxy) is 1. The highest BCUT2D eigenvalue weighted by atomic mass is 17.1. The average Bonchev–Trinajstić information content (AvgIpc) is 3.23. The molecule has 9 atom stereocenters. The van der Waals surface area contributed by atoms with E-state index < -0.39 is 0 Å². The SMILES string of the molecule is CCCCCC(OCC(C)CCC[C@@H](C)[C@H]1CC[C@H]2[C@@H]3CCC4CCCC[C@]4(C)[C@H]3CC[C@]12C)=[O+][O-]. The van der Waals surface area contributed by atoms with Gasteiger partial charge in [0.15, 0.2) is 6.61 Å². The summed E-state index contributed by atoms with van der Waals surface area (Å²) in [6.07, 6.45) is 22.7. The lowest BCUT2D eigenvalue weighted by molar-refractivity contribution is -1.05. The van der Waals surface area contributed by atoms with Crippen LogP contribution < -0.4 is 5.26 Å². The van der Waals surface area contributed by atoms with Gasteiger partial charge in [0.2, 0.25) is 0 Å². The third-order valence-electron chi connectivity index (χ3n) is 12.3. The Bertz CT molecular complexity index is 718. The summed E-state index contributed by atoms with van der Waals surface area (Å²) in [5.41, 5.74) is 1.25. The second-order valence-electron chi connectivity index (χ2n) is 14.4. The molecule has 4 saturated carbocycles. The van der Waals surface area contributed by atoms with E-state index in [9.17, 15) is 5.26 Å². The van der Waals surface area contributed by atoms with E-state index >= 15 is 0 Å². The van der Waals surface area contributed by atoms with Crippen LogP contribution in [0.3, 0.4) is 0 Å². The van der Waals surface area contributed by atoms with Crippen molar-refractivity contribution in [3.05, 3.63) is 0 Å². The molecular weight excluding hydrogens is 444 g/mol. The fourth-order valence-corrected chi connectivity index (χ4v) is 10.2. The van der Waals surface area contributed by atoms with Crippen molar-refractivity contribution in [2.24, 2.45) is 52.3 Å². The van der Waals surface area contributed by atoms with Gasteiger partial charge in [0.1, 0.15) is 6.42 Å². The van der Waals surface area contributed by atoms with Gasteiger partial charge in [0.25, 0.3) is 0 Å². The summed E-state index contributed by atoms with van der Waals surface area (Å²) in [5, 5.41) is 10.9. The standard InChI is InChI=1S/C33H58O3/c1-6-7-8-15-31(36-34)35-23-24(2)12-11-13-25(3)28-18-19-29-27-17-16-26-14-9-10-21-32(26,4)30(27)20-22-33(28,29)5/h24-30H,6-23H2,1-5H3/t24?,25-,26?,27+,28-,29+,30+,32+,33-/m1/s1. The van der Waals surface area contributed by atoms with Crippen molar-refractivity contribution in [3.63, 3.8) is 0 Å². The Kier molecular flexibility index (Phi) is 9.76. The first-order valence-corrected chi connectivity index (χ1v) is 16.1. The summed E-state index contributed by atoms with van der Waals surface area (Å²) in [7, 11) is 0. The molecule has 4 fully saturated rings. The summed E-state index contributed by atoms with van der Waals surface area (Å²) in [5.74, 6) is 6.57. The molecule has 0 radical (unpaired) electrons. The van der Waals surface area contributed by atoms with E-state index in [1.54, 1.807) is 0 Å². The van der Waals surface area contributed by atoms with Gasteiger partial charge in [0.05, 0.1) is 0 Å². The van der Waals surface area contributed by atoms with Gasteiger partial charge < -0.3 is 9.99 Å². The van der Waals surface area contributed by atoms with Crippen molar-refractivity contribution in [2.75, 3.05) is 6.61 Å². The summed E-state index contributed by atoms with van der Waals surface area (Å²) in [6, 6.07) is 0. The predicted molar refractivity (Wildman–Crippen MR) is 147 cm³/mol. The molecule has 2 unspecified atom stereocenters. The molecular formula is C33H58O3. The van der Waals surface area contributed by atoms with Crippen molar-refractivity contribution in [2.45, 2.75) is 144 Å². The maximum atomic E-state index is 10.9. The molecule has 0 heterocycles. The van der Waals surface area contributed by atoms with E-state index in [0.29, 0.717) is 35.7 Å². The average molecular weight is 503 g/mol. The Labute approximate surface area is 223 Å². The van der Waals surface area contributed by atoms with Gasteiger partial charge in [-0.2, -0.15) is 0 Å². The second kappa shape index (κ2) is 12.4. The van der Waals surface area contributed by atoms with Gasteiger partial charge in [-0.3, -0.25) is 4.58 Å². The maximum absolute atomic E-state index is 10.9. The zero-order chi connectivity index (χ0) is 25.8. The molecule has 0 aromatic heterocycles. The first-order valence-electron chi connectivity index (χ1n) is 16.1. The quantitative estimate of drug-likeness (QED) is 0.0935. The number of hydrogen-bond acceptors (Lipinski definition) is 2. The maximum Gasteiger partial charge on any atom is 0.497 e. The van der Waals surface area contributed by atoms with Gasteiger partial charge in [-0.05, 0) is 111 Å². The van der Waals surface area contributed by atoms with Crippen molar-refractivity contribution in [1.82, 2.24) is 0 Å². The topological polar surface area (TPSA) is 43.6 Å². The van der Waals surface area contributed by atoms with Crippen LogP contribution in [0.25, 0.3) is 0 Å². The Morgan fingerprint density at radius 2 is 1.69 bits per heavy atom. The number of fused-ring (bicyclic) bond motifs is 5. The minimum atomic E-state index is 0.292. The summed E-state index contributed by atoms with van der Waals surface area (Å²) >= 11 is 0. The number of esters is 1. The smallest absolute Gasteiger partial charge is 0.497 e. The lowest BCUT2D eigenvalue weighted by Crippen LogP contribution is -2.53. The molecule has 36 heavy (non-hydrogen) atoms. The van der Waals surface area contributed by atoms with Crippen molar-refractivity contribution in [3.8, 4) is 0 Å². The highest BCUT2D eigenvalue weighted by Crippen LogP contribution is 2.68. The zero-order valence-corrected chi connectivity index (χ0v) is 24.5. The molecule has 4 aliphatic carbocycles. The molecule has 208 valence electrons. The van der Waals surface area contributed by atoms with Crippen molar-refractivity contribution in [1.29, 1.82) is 0 Å². The lowest BCUT2D eigenvalue weighted by atomic mass is 9.44. The first-order chi connectivity index (χ1) is 17.3. The van der Waals surface area contributed by atoms with Crippen LogP contribution in [0.15, 0.2) is 0 Å². The van der Waals surface area contributed by atoms with Crippen LogP contribution >= 0.6 is 0 Å². The van der Waals surface area contributed by atoms with E-state index in [0.717, 1.165) is 54.8 Å². The number of carbonyl (C=O) groups excluding carboxylic acids is 1. The zero-order valence-electron chi connectivity index (χ0n) is 24.5. The molecule has 0 aromatic carbocycles. The first kappa shape index (κ1) is 28.3. The normalized spacial score (nSPS) is 40.1. The molecule has 0 aromatic rings. The summed E-state index contributed by atoms with van der Waals surface area (Å²) in [4.78, 5) is 0. The van der Waals surface area contributed by atoms with Crippen LogP contribution in [-0.2, 0) is 9.31 Å². The molecule has 0 N–H and O–H groups in total. The Morgan fingerprint density at radius 1 is 0.889 bits per heavy atom. The van der Waals surface area contributed by atoms with Gasteiger partial charge >= 0.3 is 5.97 Å². The molecule has 3 heteroatoms. The van der Waals surface area contributed by atoms with Crippen LogP contribution in [0.5, 0.6) is 0 Å². The Hall–Kier alpha value is -0.730. The van der Waals surface area contributed by atoms with Crippen LogP contribution in [-0.4, -0.2) is 12.6 Å². The minimum Gasteiger partial charge on any atom is -0.588 e. The summed E-state index contributed by atoms with van der Waals surface area (Å²) < 4.78 is 9.96. The van der Waals surface area contributed by atoms with Crippen LogP contribution in [0, 0.1) is 52.3 Å². The Morgan fingerprint density at radius 3 is 2.47 bits per heavy atom. The molecule has 0 bridgehead atoms. The highest BCUT2D eigenvalue weighted by molar-refractivity contribution is 5.69. The number of hydrogen-bond donors (Lipinski definition) is 0. The second-order valence-corrected chi connectivity index (χ2v) is 14.4. The van der Waals surface area contributed by atoms with Crippen molar-refractivity contribution >= 4 is 5.97 Å². The van der Waals surface area contributed by atoms with Crippen LogP contribution in [0.4, 0.5) is 0 Å². The third kappa shape index (κ3) is 5.80. The minimum absolute atomic E-state index is 0.292. The number of unbranched alkanes of at least 4 members (excludes halogenated alkanes) is 2. The molecule has 0 spiro atoms. The van der Waals surface area contributed by atoms with E-state index in [1.165, 1.54) is 83.5 Å². The third-order valence-corrected chi connectivity index (χ3v) is 12.3. The molecule has 0 amide bonds. The molecule has 0 saturated heterocycles. The van der Waals surface area contributed by atoms with Gasteiger partial charge in [-0.1, -0.05) is 73.1 Å². The molecule has 4 aliphatic rings. The van der Waals surface area contributed by atoms with E-state index in [-0.39, 0.29) is 0 Å². The summed E-state index contributed by atoms with van der Waals surface area (Å²) in [6.45, 7) is 13.0. The predicted octanol–water partition coefficient (Wildman–Crippen LogP) is 8.41. The molecule has 3 nitrogen and oxygen atoms in total. The fourth-order valence-electron chi connectivity index (χ4n) is 10.2. The highest BCUT2D eigenvalue weighted by Gasteiger charge is 2.60. The van der Waals surface area contributed by atoms with E-state index in [1.807, 2.05) is 0 Å². The number of rotatable bonds is 11. The monoisotopic (exact) mass is 502 g/mol. The van der Waals surface area contributed by atoms with Gasteiger partial charge in [-0.15, -0.1) is 0 Å². The van der Waals surface area contributed by atoms with Gasteiger partial charge in [-0.25, -0.2) is 0 Å². The van der Waals surface area contributed by atoms with E-state index in [2.05, 4.69) is 39.2 Å². The van der Waals surface area contributed by atoms with Crippen LogP contribution in [0.1, 0.15) is 144 Å². The van der Waals surface area contributed by atoms with Crippen LogP contribution in [0.2, 0.25) is 0 Å². The molecule has 0 aliphatic heterocycles. The Balaban J connectivity index is 1.24. The van der Waals surface area contributed by atoms with E-state index in [4.69, 9.17) is 4.74 Å². The molecule has 4 rings (SSSR count). The fraction of sp³-hybridized carbons (Fsp3) is 0.970. The van der Waals surface area contributed by atoms with Crippen molar-refractivity contribution < 1.29 is 14.6 Å². The lowest BCUT2D eigenvalue weighted by Gasteiger charge is -2.61.